The summed E-state index contributed by atoms with van der Waals surface area (Å²) < 4.78 is 1.06. The Morgan fingerprint density at radius 3 is 2.93 bits per heavy atom. The highest BCUT2D eigenvalue weighted by Gasteiger charge is 2.07. The van der Waals surface area contributed by atoms with E-state index in [1.165, 1.54) is 6.20 Å². The quantitative estimate of drug-likeness (QED) is 0.479. The maximum Gasteiger partial charge on any atom is 0.287 e. The van der Waals surface area contributed by atoms with Crippen LogP contribution in [0.4, 0.5) is 0 Å². The van der Waals surface area contributed by atoms with E-state index in [0.29, 0.717) is 5.71 Å². The molecule has 0 saturated heterocycles. The Labute approximate surface area is 89.6 Å². The highest BCUT2D eigenvalue weighted by atomic mass is 35.5. The van der Waals surface area contributed by atoms with Crippen LogP contribution >= 0.6 is 23.2 Å². The van der Waals surface area contributed by atoms with Crippen LogP contribution in [0.1, 0.15) is 6.92 Å². The predicted octanol–water partition coefficient (Wildman–Crippen LogP) is 1.40. The third-order valence-electron chi connectivity index (χ3n) is 1.49. The van der Waals surface area contributed by atoms with Crippen molar-refractivity contribution in [2.45, 2.75) is 13.5 Å². The fourth-order valence-electron chi connectivity index (χ4n) is 0.806. The van der Waals surface area contributed by atoms with E-state index in [2.05, 4.69) is 10.3 Å². The van der Waals surface area contributed by atoms with E-state index in [4.69, 9.17) is 28.4 Å². The molecule has 0 aromatic carbocycles. The van der Waals surface area contributed by atoms with Gasteiger partial charge < -0.3 is 5.21 Å². The van der Waals surface area contributed by atoms with E-state index in [-0.39, 0.29) is 16.6 Å². The molecule has 0 radical (unpaired) electrons. The Morgan fingerprint density at radius 2 is 2.36 bits per heavy atom. The molecule has 1 N–H and O–H groups in total. The monoisotopic (exact) mass is 235 g/mol. The molecule has 7 heteroatoms. The largest absolute Gasteiger partial charge is 0.411 e. The lowest BCUT2D eigenvalue weighted by molar-refractivity contribution is 0.316. The molecule has 0 aliphatic heterocycles. The Kier molecular flexibility index (Phi) is 3.49. The molecule has 1 heterocycles. The molecule has 0 aliphatic rings. The zero-order chi connectivity index (χ0) is 10.7. The third kappa shape index (κ3) is 2.24. The second kappa shape index (κ2) is 4.43. The van der Waals surface area contributed by atoms with Gasteiger partial charge in [-0.1, -0.05) is 28.4 Å². The fraction of sp³-hybridized carbons (Fsp3) is 0.286. The number of halogens is 2. The molecule has 1 aromatic rings. The van der Waals surface area contributed by atoms with Gasteiger partial charge in [0, 0.05) is 0 Å². The van der Waals surface area contributed by atoms with Crippen molar-refractivity contribution in [1.82, 2.24) is 9.78 Å². The van der Waals surface area contributed by atoms with Crippen molar-refractivity contribution in [1.29, 1.82) is 0 Å². The van der Waals surface area contributed by atoms with Crippen molar-refractivity contribution in [3.63, 3.8) is 0 Å². The minimum absolute atomic E-state index is 0.0756. The summed E-state index contributed by atoms with van der Waals surface area (Å²) in [5.41, 5.74) is -0.167. The van der Waals surface area contributed by atoms with Gasteiger partial charge in [0.2, 0.25) is 0 Å². The third-order valence-corrected chi connectivity index (χ3v) is 2.24. The minimum Gasteiger partial charge on any atom is -0.411 e. The van der Waals surface area contributed by atoms with Gasteiger partial charge in [0.1, 0.15) is 5.02 Å². The second-order valence-corrected chi connectivity index (χ2v) is 3.39. The average Bonchev–Trinajstić information content (AvgIpc) is 2.19. The molecule has 0 aliphatic carbocycles. The second-order valence-electron chi connectivity index (χ2n) is 2.60. The Bertz CT molecular complexity index is 427. The highest BCUT2D eigenvalue weighted by molar-refractivity contribution is 6.41. The van der Waals surface area contributed by atoms with Crippen molar-refractivity contribution in [2.24, 2.45) is 5.16 Å². The molecule has 76 valence electrons. The maximum absolute atomic E-state index is 11.4. The van der Waals surface area contributed by atoms with Gasteiger partial charge in [0.15, 0.2) is 0 Å². The Hall–Kier alpha value is -1.07. The fourth-order valence-corrected chi connectivity index (χ4v) is 1.08. The highest BCUT2D eigenvalue weighted by Crippen LogP contribution is 2.14. The van der Waals surface area contributed by atoms with Gasteiger partial charge in [0.25, 0.3) is 5.56 Å². The SMILES string of the molecule is C/C(Cn1ncc(Cl)c(Cl)c1=O)=N\O. The molecule has 0 spiro atoms. The van der Waals surface area contributed by atoms with Crippen LogP contribution < -0.4 is 5.56 Å². The minimum atomic E-state index is -0.512. The smallest absolute Gasteiger partial charge is 0.287 e. The molecular weight excluding hydrogens is 229 g/mol. The average molecular weight is 236 g/mol. The number of rotatable bonds is 2. The van der Waals surface area contributed by atoms with Gasteiger partial charge in [-0.15, -0.1) is 0 Å². The summed E-state index contributed by atoms with van der Waals surface area (Å²) in [5, 5.41) is 15.0. The van der Waals surface area contributed by atoms with Gasteiger partial charge in [0.05, 0.1) is 23.5 Å². The van der Waals surface area contributed by atoms with Gasteiger partial charge in [-0.2, -0.15) is 5.10 Å². The van der Waals surface area contributed by atoms with Crippen LogP contribution in [-0.2, 0) is 6.54 Å². The molecule has 1 aromatic heterocycles. The van der Waals surface area contributed by atoms with Crippen LogP contribution in [0.15, 0.2) is 16.1 Å². The molecule has 1 rings (SSSR count). The topological polar surface area (TPSA) is 67.5 Å². The van der Waals surface area contributed by atoms with Crippen molar-refractivity contribution in [3.05, 3.63) is 26.6 Å². The molecule has 0 amide bonds. The van der Waals surface area contributed by atoms with Crippen molar-refractivity contribution >= 4 is 28.9 Å². The molecule has 0 atom stereocenters. The predicted molar refractivity (Wildman–Crippen MR) is 53.4 cm³/mol. The first-order valence-electron chi connectivity index (χ1n) is 3.65. The zero-order valence-corrected chi connectivity index (χ0v) is 8.75. The summed E-state index contributed by atoms with van der Waals surface area (Å²) >= 11 is 11.2. The lowest BCUT2D eigenvalue weighted by atomic mass is 10.4. The number of hydrogen-bond donors (Lipinski definition) is 1. The van der Waals surface area contributed by atoms with Crippen molar-refractivity contribution in [3.8, 4) is 0 Å². The zero-order valence-electron chi connectivity index (χ0n) is 7.24. The van der Waals surface area contributed by atoms with Crippen LogP contribution in [0, 0.1) is 0 Å². The molecule has 0 bridgehead atoms. The lowest BCUT2D eigenvalue weighted by Crippen LogP contribution is -2.26. The van der Waals surface area contributed by atoms with E-state index in [1.807, 2.05) is 0 Å². The lowest BCUT2D eigenvalue weighted by Gasteiger charge is -2.03. The summed E-state index contributed by atoms with van der Waals surface area (Å²) in [7, 11) is 0. The van der Waals surface area contributed by atoms with E-state index in [1.54, 1.807) is 6.92 Å². The summed E-state index contributed by atoms with van der Waals surface area (Å²) in [4.78, 5) is 11.4. The molecule has 5 nitrogen and oxygen atoms in total. The Morgan fingerprint density at radius 1 is 1.71 bits per heavy atom. The summed E-state index contributed by atoms with van der Waals surface area (Å²) in [6, 6.07) is 0. The summed E-state index contributed by atoms with van der Waals surface area (Å²) in [6.45, 7) is 1.63. The van der Waals surface area contributed by atoms with Gasteiger partial charge in [-0.3, -0.25) is 4.79 Å². The van der Waals surface area contributed by atoms with E-state index in [0.717, 1.165) is 4.68 Å². The number of nitrogens with zero attached hydrogens (tertiary/aromatic N) is 3. The van der Waals surface area contributed by atoms with Crippen molar-refractivity contribution in [2.75, 3.05) is 0 Å². The van der Waals surface area contributed by atoms with Crippen LogP contribution in [0.25, 0.3) is 0 Å². The van der Waals surface area contributed by atoms with Crippen LogP contribution in [0.3, 0.4) is 0 Å². The van der Waals surface area contributed by atoms with Crippen LogP contribution in [0.5, 0.6) is 0 Å². The maximum atomic E-state index is 11.4. The standard InChI is InChI=1S/C7H7Cl2N3O2/c1-4(11-14)3-12-7(13)6(9)5(8)2-10-12/h2,14H,3H2,1H3/b11-4+. The van der Waals surface area contributed by atoms with Gasteiger partial charge in [-0.25, -0.2) is 4.68 Å². The molecule has 0 fully saturated rings. The first kappa shape index (κ1) is 11.0. The van der Waals surface area contributed by atoms with E-state index in [9.17, 15) is 4.79 Å². The normalized spacial score (nSPS) is 11.8. The molecule has 0 unspecified atom stereocenters. The number of oxime groups is 1. The van der Waals surface area contributed by atoms with E-state index >= 15 is 0 Å². The molecule has 14 heavy (non-hydrogen) atoms. The molecule has 0 saturated carbocycles. The first-order valence-corrected chi connectivity index (χ1v) is 4.40. The molecular formula is C7H7Cl2N3O2. The summed E-state index contributed by atoms with van der Waals surface area (Å²) in [6.07, 6.45) is 1.26. The van der Waals surface area contributed by atoms with Crippen LogP contribution in [0.2, 0.25) is 10.0 Å². The number of hydrogen-bond acceptors (Lipinski definition) is 4. The first-order chi connectivity index (χ1) is 6.56. The van der Waals surface area contributed by atoms with Gasteiger partial charge >= 0.3 is 0 Å². The van der Waals surface area contributed by atoms with Gasteiger partial charge in [-0.05, 0) is 6.92 Å². The number of aromatic nitrogens is 2. The van der Waals surface area contributed by atoms with E-state index < -0.39 is 5.56 Å². The summed E-state index contributed by atoms with van der Waals surface area (Å²) in [5.74, 6) is 0. The Balaban J connectivity index is 3.13. The van der Waals surface area contributed by atoms with Crippen LogP contribution in [-0.4, -0.2) is 20.7 Å². The van der Waals surface area contributed by atoms with Crippen molar-refractivity contribution < 1.29 is 5.21 Å².